The standard InChI is InChI=1S/C20H21N3O2/c1-19-8-9-20(12-19,23-18(19)25)13-22-17(24)15-6-4-14(5-7-15)16-3-2-10-21-11-16/h2-7,10-11H,8-9,12-13H2,1H3,(H,22,24)(H,23,25). The van der Waals surface area contributed by atoms with Crippen LogP contribution < -0.4 is 10.6 Å². The summed E-state index contributed by atoms with van der Waals surface area (Å²) in [5.41, 5.74) is 2.15. The third kappa shape index (κ3) is 2.80. The number of hydrogen-bond acceptors (Lipinski definition) is 3. The minimum Gasteiger partial charge on any atom is -0.350 e. The summed E-state index contributed by atoms with van der Waals surface area (Å²) < 4.78 is 0. The number of hydrogen-bond donors (Lipinski definition) is 2. The fourth-order valence-electron chi connectivity index (χ4n) is 4.03. The van der Waals surface area contributed by atoms with Crippen LogP contribution in [0, 0.1) is 5.41 Å². The van der Waals surface area contributed by atoms with E-state index in [1.54, 1.807) is 12.4 Å². The summed E-state index contributed by atoms with van der Waals surface area (Å²) in [4.78, 5) is 28.6. The summed E-state index contributed by atoms with van der Waals surface area (Å²) in [6, 6.07) is 11.4. The number of piperidine rings is 1. The van der Waals surface area contributed by atoms with Gasteiger partial charge >= 0.3 is 0 Å². The normalized spacial score (nSPS) is 27.2. The van der Waals surface area contributed by atoms with Gasteiger partial charge in [0.15, 0.2) is 0 Å². The highest BCUT2D eigenvalue weighted by Gasteiger charge is 2.57. The average molecular weight is 335 g/mol. The zero-order chi connectivity index (χ0) is 17.5. The van der Waals surface area contributed by atoms with Crippen molar-refractivity contribution < 1.29 is 9.59 Å². The lowest BCUT2D eigenvalue weighted by molar-refractivity contribution is -0.128. The van der Waals surface area contributed by atoms with E-state index in [4.69, 9.17) is 0 Å². The SMILES string of the molecule is CC12CCC(CNC(=O)c3ccc(-c4cccnc4)cc3)(C1)NC2=O. The first-order valence-corrected chi connectivity index (χ1v) is 8.61. The summed E-state index contributed by atoms with van der Waals surface area (Å²) >= 11 is 0. The molecular formula is C20H21N3O2. The molecule has 5 heteroatoms. The molecule has 1 saturated carbocycles. The highest BCUT2D eigenvalue weighted by Crippen LogP contribution is 2.49. The molecule has 1 aliphatic carbocycles. The van der Waals surface area contributed by atoms with Crippen LogP contribution in [0.25, 0.3) is 11.1 Å². The van der Waals surface area contributed by atoms with E-state index in [2.05, 4.69) is 15.6 Å². The Morgan fingerprint density at radius 3 is 2.60 bits per heavy atom. The van der Waals surface area contributed by atoms with Gasteiger partial charge in [0, 0.05) is 29.9 Å². The predicted octanol–water partition coefficient (Wildman–Crippen LogP) is 2.54. The summed E-state index contributed by atoms with van der Waals surface area (Å²) in [7, 11) is 0. The van der Waals surface area contributed by atoms with Gasteiger partial charge in [0.25, 0.3) is 5.91 Å². The fraction of sp³-hybridized carbons (Fsp3) is 0.350. The van der Waals surface area contributed by atoms with Crippen molar-refractivity contribution in [2.24, 2.45) is 5.41 Å². The molecule has 0 spiro atoms. The van der Waals surface area contributed by atoms with E-state index in [1.165, 1.54) is 0 Å². The molecule has 2 aromatic rings. The predicted molar refractivity (Wildman–Crippen MR) is 94.8 cm³/mol. The van der Waals surface area contributed by atoms with Crippen molar-refractivity contribution in [2.45, 2.75) is 31.7 Å². The average Bonchev–Trinajstić information content (AvgIpc) is 3.11. The maximum Gasteiger partial charge on any atom is 0.251 e. The highest BCUT2D eigenvalue weighted by atomic mass is 16.2. The van der Waals surface area contributed by atoms with Crippen molar-refractivity contribution in [1.29, 1.82) is 0 Å². The Morgan fingerprint density at radius 1 is 1.20 bits per heavy atom. The number of nitrogens with one attached hydrogen (secondary N) is 2. The van der Waals surface area contributed by atoms with E-state index in [1.807, 2.05) is 43.3 Å². The topological polar surface area (TPSA) is 71.1 Å². The van der Waals surface area contributed by atoms with Gasteiger partial charge in [-0.2, -0.15) is 0 Å². The number of carbonyl (C=O) groups is 2. The molecule has 2 N–H and O–H groups in total. The van der Waals surface area contributed by atoms with E-state index >= 15 is 0 Å². The summed E-state index contributed by atoms with van der Waals surface area (Å²) in [6.07, 6.45) is 6.16. The number of rotatable bonds is 4. The minimum absolute atomic E-state index is 0.109. The smallest absolute Gasteiger partial charge is 0.251 e. The molecule has 5 nitrogen and oxygen atoms in total. The Balaban J connectivity index is 1.41. The maximum absolute atomic E-state index is 12.4. The van der Waals surface area contributed by atoms with Gasteiger partial charge in [0.1, 0.15) is 0 Å². The van der Waals surface area contributed by atoms with Gasteiger partial charge in [0.2, 0.25) is 5.91 Å². The zero-order valence-corrected chi connectivity index (χ0v) is 14.2. The van der Waals surface area contributed by atoms with Crippen LogP contribution in [0.4, 0.5) is 0 Å². The lowest BCUT2D eigenvalue weighted by Crippen LogP contribution is -2.51. The molecule has 2 atom stereocenters. The third-order valence-corrected chi connectivity index (χ3v) is 5.54. The zero-order valence-electron chi connectivity index (χ0n) is 14.2. The van der Waals surface area contributed by atoms with E-state index in [0.29, 0.717) is 12.1 Å². The molecule has 2 unspecified atom stereocenters. The highest BCUT2D eigenvalue weighted by molar-refractivity contribution is 5.95. The first-order valence-electron chi connectivity index (χ1n) is 8.61. The van der Waals surface area contributed by atoms with Crippen molar-refractivity contribution in [3.63, 3.8) is 0 Å². The second kappa shape index (κ2) is 5.69. The number of fused-ring (bicyclic) bond motifs is 2. The van der Waals surface area contributed by atoms with Crippen LogP contribution in [0.2, 0.25) is 0 Å². The van der Waals surface area contributed by atoms with E-state index in [-0.39, 0.29) is 22.8 Å². The van der Waals surface area contributed by atoms with Gasteiger partial charge in [-0.15, -0.1) is 0 Å². The number of carbonyl (C=O) groups excluding carboxylic acids is 2. The van der Waals surface area contributed by atoms with Crippen molar-refractivity contribution in [3.8, 4) is 11.1 Å². The Hall–Kier alpha value is -2.69. The third-order valence-electron chi connectivity index (χ3n) is 5.54. The Morgan fingerprint density at radius 2 is 2.00 bits per heavy atom. The van der Waals surface area contributed by atoms with Crippen molar-refractivity contribution >= 4 is 11.8 Å². The van der Waals surface area contributed by atoms with Crippen LogP contribution >= 0.6 is 0 Å². The van der Waals surface area contributed by atoms with Crippen LogP contribution in [0.15, 0.2) is 48.8 Å². The number of pyridine rings is 1. The quantitative estimate of drug-likeness (QED) is 0.902. The Kier molecular flexibility index (Phi) is 3.60. The molecule has 2 fully saturated rings. The number of benzene rings is 1. The van der Waals surface area contributed by atoms with Gasteiger partial charge in [-0.05, 0) is 48.6 Å². The molecule has 2 amide bonds. The largest absolute Gasteiger partial charge is 0.350 e. The Bertz CT molecular complexity index is 819. The van der Waals surface area contributed by atoms with Gasteiger partial charge in [0.05, 0.1) is 5.54 Å². The van der Waals surface area contributed by atoms with Crippen molar-refractivity contribution in [1.82, 2.24) is 15.6 Å². The number of amides is 2. The van der Waals surface area contributed by atoms with E-state index < -0.39 is 0 Å². The molecule has 1 aromatic carbocycles. The minimum atomic E-state index is -0.267. The number of nitrogens with zero attached hydrogens (tertiary/aromatic N) is 1. The van der Waals surface area contributed by atoms with Gasteiger partial charge in [-0.3, -0.25) is 14.6 Å². The van der Waals surface area contributed by atoms with Crippen LogP contribution in [0.3, 0.4) is 0 Å². The fourth-order valence-corrected chi connectivity index (χ4v) is 4.03. The molecule has 1 aliphatic heterocycles. The second-order valence-electron chi connectivity index (χ2n) is 7.47. The lowest BCUT2D eigenvalue weighted by Gasteiger charge is -2.28. The number of aromatic nitrogens is 1. The van der Waals surface area contributed by atoms with Crippen molar-refractivity contribution in [2.75, 3.05) is 6.54 Å². The van der Waals surface area contributed by atoms with Gasteiger partial charge < -0.3 is 10.6 Å². The lowest BCUT2D eigenvalue weighted by atomic mass is 9.89. The Labute approximate surface area is 146 Å². The molecule has 25 heavy (non-hydrogen) atoms. The first kappa shape index (κ1) is 15.8. The molecule has 2 bridgehead atoms. The van der Waals surface area contributed by atoms with E-state index in [9.17, 15) is 9.59 Å². The van der Waals surface area contributed by atoms with Gasteiger partial charge in [-0.25, -0.2) is 0 Å². The molecule has 0 radical (unpaired) electrons. The summed E-state index contributed by atoms with van der Waals surface area (Å²) in [5.74, 6) is 0.00989. The first-order chi connectivity index (χ1) is 12.0. The molecule has 1 saturated heterocycles. The van der Waals surface area contributed by atoms with Crippen LogP contribution in [0.1, 0.15) is 36.5 Å². The van der Waals surface area contributed by atoms with Crippen LogP contribution in [-0.2, 0) is 4.79 Å². The molecule has 4 rings (SSSR count). The van der Waals surface area contributed by atoms with Gasteiger partial charge in [-0.1, -0.05) is 25.1 Å². The molecular weight excluding hydrogens is 314 g/mol. The maximum atomic E-state index is 12.4. The summed E-state index contributed by atoms with van der Waals surface area (Å²) in [5, 5.41) is 6.07. The molecule has 2 aliphatic rings. The molecule has 2 heterocycles. The van der Waals surface area contributed by atoms with Crippen LogP contribution in [-0.4, -0.2) is 28.9 Å². The molecule has 128 valence electrons. The molecule has 1 aromatic heterocycles. The van der Waals surface area contributed by atoms with Crippen LogP contribution in [0.5, 0.6) is 0 Å². The second-order valence-corrected chi connectivity index (χ2v) is 7.47. The monoisotopic (exact) mass is 335 g/mol. The summed E-state index contributed by atoms with van der Waals surface area (Å²) in [6.45, 7) is 2.49. The van der Waals surface area contributed by atoms with Crippen molar-refractivity contribution in [3.05, 3.63) is 54.4 Å². The van der Waals surface area contributed by atoms with E-state index in [0.717, 1.165) is 30.4 Å².